The predicted octanol–water partition coefficient (Wildman–Crippen LogP) is 0.199. The van der Waals surface area contributed by atoms with Crippen LogP contribution >= 0.6 is 0 Å². The Morgan fingerprint density at radius 3 is 2.84 bits per heavy atom. The lowest BCUT2D eigenvalue weighted by atomic mass is 10.1. The van der Waals surface area contributed by atoms with Crippen LogP contribution in [0.15, 0.2) is 40.4 Å². The van der Waals surface area contributed by atoms with Crippen LogP contribution in [0.25, 0.3) is 0 Å². The van der Waals surface area contributed by atoms with Gasteiger partial charge in [0, 0.05) is 19.8 Å². The zero-order valence-corrected chi connectivity index (χ0v) is 11.4. The first kappa shape index (κ1) is 13.8. The van der Waals surface area contributed by atoms with Crippen LogP contribution in [0.1, 0.15) is 12.7 Å². The summed E-state index contributed by atoms with van der Waals surface area (Å²) in [5, 5.41) is 10.1. The third-order valence-electron chi connectivity index (χ3n) is 2.61. The van der Waals surface area contributed by atoms with Gasteiger partial charge in [0.05, 0.1) is 12.6 Å². The van der Waals surface area contributed by atoms with Crippen molar-refractivity contribution in [3.63, 3.8) is 0 Å². The van der Waals surface area contributed by atoms with Gasteiger partial charge in [-0.2, -0.15) is 0 Å². The van der Waals surface area contributed by atoms with Crippen LogP contribution in [0.5, 0.6) is 0 Å². The summed E-state index contributed by atoms with van der Waals surface area (Å²) < 4.78 is 32.8. The summed E-state index contributed by atoms with van der Waals surface area (Å²) in [4.78, 5) is 3.76. The van der Waals surface area contributed by atoms with Crippen molar-refractivity contribution in [1.29, 1.82) is 0 Å². The number of nitrogens with zero attached hydrogens (tertiary/aromatic N) is 2. The lowest BCUT2D eigenvalue weighted by Crippen LogP contribution is -2.38. The number of furan rings is 1. The van der Waals surface area contributed by atoms with Crippen LogP contribution in [0.4, 0.5) is 0 Å². The van der Waals surface area contributed by atoms with Gasteiger partial charge in [-0.25, -0.2) is 18.1 Å². The van der Waals surface area contributed by atoms with Crippen LogP contribution in [0.3, 0.4) is 0 Å². The van der Waals surface area contributed by atoms with E-state index in [-0.39, 0.29) is 17.3 Å². The van der Waals surface area contributed by atoms with E-state index >= 15 is 0 Å². The molecule has 8 heteroatoms. The van der Waals surface area contributed by atoms with Crippen LogP contribution in [-0.4, -0.2) is 29.6 Å². The van der Waals surface area contributed by atoms with Crippen molar-refractivity contribution in [2.24, 2.45) is 7.05 Å². The van der Waals surface area contributed by atoms with E-state index in [1.54, 1.807) is 19.2 Å². The van der Waals surface area contributed by atoms with Crippen LogP contribution in [0, 0.1) is 0 Å². The summed E-state index contributed by atoms with van der Waals surface area (Å²) in [7, 11) is -2.08. The minimum Gasteiger partial charge on any atom is -0.466 e. The first-order valence-electron chi connectivity index (χ1n) is 5.55. The summed E-state index contributed by atoms with van der Waals surface area (Å²) in [5.74, 6) is 0.288. The zero-order chi connectivity index (χ0) is 14.1. The molecule has 0 amide bonds. The van der Waals surface area contributed by atoms with Gasteiger partial charge in [0.15, 0.2) is 5.03 Å². The fraction of sp³-hybridized carbons (Fsp3) is 0.364. The van der Waals surface area contributed by atoms with Gasteiger partial charge < -0.3 is 14.1 Å². The minimum atomic E-state index is -3.75. The Balaban J connectivity index is 2.10. The first-order valence-corrected chi connectivity index (χ1v) is 7.03. The molecule has 0 spiro atoms. The van der Waals surface area contributed by atoms with Crippen molar-refractivity contribution in [2.75, 3.05) is 6.54 Å². The van der Waals surface area contributed by atoms with Crippen molar-refractivity contribution >= 4 is 10.0 Å². The predicted molar refractivity (Wildman–Crippen MR) is 66.7 cm³/mol. The zero-order valence-electron chi connectivity index (χ0n) is 10.6. The summed E-state index contributed by atoms with van der Waals surface area (Å²) >= 11 is 0. The SMILES string of the molecule is Cn1cnc(S(=O)(=O)NCC(C)(O)c2ccco2)c1. The van der Waals surface area contributed by atoms with E-state index in [0.717, 1.165) is 0 Å². The molecule has 2 aromatic heterocycles. The molecule has 0 fully saturated rings. The number of aryl methyl sites for hydroxylation is 1. The molecule has 2 aromatic rings. The molecule has 0 aliphatic carbocycles. The number of nitrogens with one attached hydrogen (secondary N) is 1. The Labute approximate surface area is 110 Å². The van der Waals surface area contributed by atoms with Gasteiger partial charge in [-0.15, -0.1) is 0 Å². The van der Waals surface area contributed by atoms with Crippen molar-refractivity contribution in [3.8, 4) is 0 Å². The van der Waals surface area contributed by atoms with Crippen LogP contribution in [0.2, 0.25) is 0 Å². The van der Waals surface area contributed by atoms with Crippen molar-refractivity contribution < 1.29 is 17.9 Å². The first-order chi connectivity index (χ1) is 8.81. The summed E-state index contributed by atoms with van der Waals surface area (Å²) in [6.45, 7) is 1.26. The highest BCUT2D eigenvalue weighted by Crippen LogP contribution is 2.20. The molecule has 0 aliphatic heterocycles. The third kappa shape index (κ3) is 3.03. The second-order valence-electron chi connectivity index (χ2n) is 4.45. The van der Waals surface area contributed by atoms with E-state index in [1.165, 1.54) is 30.3 Å². The summed E-state index contributed by atoms with van der Waals surface area (Å²) in [5.41, 5.74) is -1.43. The summed E-state index contributed by atoms with van der Waals surface area (Å²) in [6, 6.07) is 3.20. The number of sulfonamides is 1. The van der Waals surface area contributed by atoms with Gasteiger partial charge in [-0.3, -0.25) is 0 Å². The van der Waals surface area contributed by atoms with E-state index in [4.69, 9.17) is 4.42 Å². The Kier molecular flexibility index (Phi) is 3.48. The molecule has 2 heterocycles. The van der Waals surface area contributed by atoms with E-state index in [0.29, 0.717) is 0 Å². The maximum Gasteiger partial charge on any atom is 0.259 e. The molecule has 0 radical (unpaired) electrons. The highest BCUT2D eigenvalue weighted by molar-refractivity contribution is 7.89. The number of aliphatic hydroxyl groups is 1. The minimum absolute atomic E-state index is 0.0924. The van der Waals surface area contributed by atoms with Crippen molar-refractivity contribution in [2.45, 2.75) is 17.6 Å². The molecular weight excluding hydrogens is 270 g/mol. The summed E-state index contributed by atoms with van der Waals surface area (Å²) in [6.07, 6.45) is 4.18. The molecular formula is C11H15N3O4S. The molecule has 7 nitrogen and oxygen atoms in total. The molecule has 0 bridgehead atoms. The molecule has 0 saturated heterocycles. The van der Waals surface area contributed by atoms with Gasteiger partial charge in [0.1, 0.15) is 11.4 Å². The topological polar surface area (TPSA) is 97.4 Å². The van der Waals surface area contributed by atoms with E-state index in [9.17, 15) is 13.5 Å². The molecule has 0 aliphatic rings. The molecule has 2 rings (SSSR count). The number of hydrogen-bond acceptors (Lipinski definition) is 5. The Bertz CT molecular complexity index is 643. The molecule has 0 aromatic carbocycles. The van der Waals surface area contributed by atoms with Gasteiger partial charge in [-0.1, -0.05) is 0 Å². The highest BCUT2D eigenvalue weighted by atomic mass is 32.2. The average Bonchev–Trinajstić information content (AvgIpc) is 2.97. The number of rotatable bonds is 5. The molecule has 104 valence electrons. The Morgan fingerprint density at radius 2 is 2.32 bits per heavy atom. The fourth-order valence-electron chi connectivity index (χ4n) is 1.51. The van der Waals surface area contributed by atoms with Crippen molar-refractivity contribution in [1.82, 2.24) is 14.3 Å². The maximum absolute atomic E-state index is 11.9. The normalized spacial score (nSPS) is 15.3. The smallest absolute Gasteiger partial charge is 0.259 e. The van der Waals surface area contributed by atoms with Crippen LogP contribution in [-0.2, 0) is 22.7 Å². The Morgan fingerprint density at radius 1 is 1.58 bits per heavy atom. The van der Waals surface area contributed by atoms with E-state index in [1.807, 2.05) is 0 Å². The maximum atomic E-state index is 11.9. The highest BCUT2D eigenvalue weighted by Gasteiger charge is 2.29. The molecule has 1 unspecified atom stereocenters. The number of imidazole rings is 1. The van der Waals surface area contributed by atoms with E-state index in [2.05, 4.69) is 9.71 Å². The molecule has 0 saturated carbocycles. The standard InChI is InChI=1S/C11H15N3O4S/c1-11(15,9-4-3-5-18-9)7-13-19(16,17)10-6-14(2)8-12-10/h3-6,8,13,15H,7H2,1-2H3. The monoisotopic (exact) mass is 285 g/mol. The van der Waals surface area contributed by atoms with Crippen molar-refractivity contribution in [3.05, 3.63) is 36.7 Å². The quantitative estimate of drug-likeness (QED) is 0.818. The van der Waals surface area contributed by atoms with E-state index < -0.39 is 15.6 Å². The van der Waals surface area contributed by atoms with Crippen LogP contribution < -0.4 is 4.72 Å². The molecule has 2 N–H and O–H groups in total. The number of hydrogen-bond donors (Lipinski definition) is 2. The number of aromatic nitrogens is 2. The van der Waals surface area contributed by atoms with Gasteiger partial charge in [-0.05, 0) is 19.1 Å². The van der Waals surface area contributed by atoms with Gasteiger partial charge in [0.25, 0.3) is 10.0 Å². The average molecular weight is 285 g/mol. The third-order valence-corrected chi connectivity index (χ3v) is 3.90. The molecule has 19 heavy (non-hydrogen) atoms. The molecule has 1 atom stereocenters. The lowest BCUT2D eigenvalue weighted by Gasteiger charge is -2.20. The fourth-order valence-corrected chi connectivity index (χ4v) is 2.62. The Hall–Kier alpha value is -1.64. The second-order valence-corrected chi connectivity index (χ2v) is 6.17. The van der Waals surface area contributed by atoms with Gasteiger partial charge in [0.2, 0.25) is 0 Å². The van der Waals surface area contributed by atoms with Gasteiger partial charge >= 0.3 is 0 Å². The second kappa shape index (κ2) is 4.80. The largest absolute Gasteiger partial charge is 0.466 e. The lowest BCUT2D eigenvalue weighted by molar-refractivity contribution is 0.0395.